The Hall–Kier alpha value is -0.620. The number of nitrogens with zero attached hydrogens (tertiary/aromatic N) is 1. The smallest absolute Gasteiger partial charge is 0.413 e. The van der Waals surface area contributed by atoms with Crippen molar-refractivity contribution in [1.29, 1.82) is 0 Å². The number of nitrogens with one attached hydrogen (secondary N) is 1. The predicted octanol–water partition coefficient (Wildman–Crippen LogP) is 3.11. The number of ether oxygens (including phenoxy) is 1. The van der Waals surface area contributed by atoms with E-state index in [0.717, 1.165) is 3.79 Å². The van der Waals surface area contributed by atoms with Crippen molar-refractivity contribution in [3.63, 3.8) is 0 Å². The van der Waals surface area contributed by atoms with Crippen LogP contribution in [0.4, 0.5) is 9.93 Å². The number of thiazole rings is 1. The van der Waals surface area contributed by atoms with Crippen molar-refractivity contribution >= 4 is 38.5 Å². The van der Waals surface area contributed by atoms with Crippen LogP contribution in [-0.2, 0) is 4.74 Å². The van der Waals surface area contributed by atoms with E-state index in [1.165, 1.54) is 11.3 Å². The molecule has 0 aliphatic carbocycles. The van der Waals surface area contributed by atoms with Crippen molar-refractivity contribution in [1.82, 2.24) is 4.98 Å². The van der Waals surface area contributed by atoms with Gasteiger partial charge in [0, 0.05) is 0 Å². The lowest BCUT2D eigenvalue weighted by molar-refractivity contribution is 0.147. The number of carbonyl (C=O) groups is 1. The Balaban J connectivity index is 2.34. The Labute approximate surface area is 94.8 Å². The van der Waals surface area contributed by atoms with Crippen molar-refractivity contribution in [2.24, 2.45) is 5.92 Å². The van der Waals surface area contributed by atoms with Crippen LogP contribution in [0, 0.1) is 5.92 Å². The molecule has 6 heteroatoms. The molecule has 1 rings (SSSR count). The maximum absolute atomic E-state index is 11.1. The topological polar surface area (TPSA) is 51.2 Å². The molecule has 1 N–H and O–H groups in total. The molecule has 0 saturated carbocycles. The molecule has 0 saturated heterocycles. The highest BCUT2D eigenvalue weighted by atomic mass is 79.9. The molecule has 1 aromatic heterocycles. The van der Waals surface area contributed by atoms with Gasteiger partial charge in [-0.1, -0.05) is 25.2 Å². The monoisotopic (exact) mass is 278 g/mol. The van der Waals surface area contributed by atoms with Crippen LogP contribution in [0.15, 0.2) is 9.98 Å². The zero-order chi connectivity index (χ0) is 10.6. The molecule has 4 nitrogen and oxygen atoms in total. The van der Waals surface area contributed by atoms with Gasteiger partial charge in [0.25, 0.3) is 0 Å². The lowest BCUT2D eigenvalue weighted by Crippen LogP contribution is -2.16. The number of rotatable bonds is 3. The highest BCUT2D eigenvalue weighted by molar-refractivity contribution is 9.11. The van der Waals surface area contributed by atoms with Crippen LogP contribution in [0.25, 0.3) is 0 Å². The summed E-state index contributed by atoms with van der Waals surface area (Å²) in [5.41, 5.74) is 0. The summed E-state index contributed by atoms with van der Waals surface area (Å²) in [5.74, 6) is 0.337. The van der Waals surface area contributed by atoms with Crippen molar-refractivity contribution in [3.05, 3.63) is 9.98 Å². The summed E-state index contributed by atoms with van der Waals surface area (Å²) in [7, 11) is 0. The Kier molecular flexibility index (Phi) is 4.34. The number of aromatic nitrogens is 1. The Morgan fingerprint density at radius 3 is 3.00 bits per heavy atom. The number of amides is 1. The van der Waals surface area contributed by atoms with E-state index < -0.39 is 6.09 Å². The molecule has 1 amide bonds. The number of hydrogen-bond acceptors (Lipinski definition) is 4. The van der Waals surface area contributed by atoms with E-state index in [2.05, 4.69) is 26.2 Å². The van der Waals surface area contributed by atoms with Crippen LogP contribution in [0.3, 0.4) is 0 Å². The second kappa shape index (κ2) is 5.31. The first kappa shape index (κ1) is 11.5. The molecule has 0 bridgehead atoms. The highest BCUT2D eigenvalue weighted by Gasteiger charge is 2.06. The Morgan fingerprint density at radius 2 is 2.50 bits per heavy atom. The van der Waals surface area contributed by atoms with Crippen LogP contribution in [0.1, 0.15) is 13.8 Å². The maximum Gasteiger partial charge on any atom is 0.413 e. The van der Waals surface area contributed by atoms with Gasteiger partial charge in [-0.05, 0) is 21.8 Å². The molecule has 14 heavy (non-hydrogen) atoms. The summed E-state index contributed by atoms with van der Waals surface area (Å²) in [6.07, 6.45) is 1.17. The molecule has 0 unspecified atom stereocenters. The molecule has 0 aromatic carbocycles. The van der Waals surface area contributed by atoms with E-state index in [9.17, 15) is 4.79 Å². The molecule has 0 spiro atoms. The second-order valence-electron chi connectivity index (χ2n) is 3.09. The second-order valence-corrected chi connectivity index (χ2v) is 5.50. The summed E-state index contributed by atoms with van der Waals surface area (Å²) in [6, 6.07) is 0. The molecule has 0 aliphatic rings. The average Bonchev–Trinajstić information content (AvgIpc) is 2.48. The van der Waals surface area contributed by atoms with Gasteiger partial charge in [0.05, 0.1) is 16.6 Å². The molecular formula is C8H11BrN2O2S. The lowest BCUT2D eigenvalue weighted by Gasteiger charge is -2.06. The largest absolute Gasteiger partial charge is 0.449 e. The molecule has 78 valence electrons. The number of halogens is 1. The van der Waals surface area contributed by atoms with E-state index in [-0.39, 0.29) is 0 Å². The fourth-order valence-electron chi connectivity index (χ4n) is 0.678. The first-order valence-electron chi connectivity index (χ1n) is 4.13. The third-order valence-corrected chi connectivity index (χ3v) is 2.63. The van der Waals surface area contributed by atoms with Gasteiger partial charge in [-0.25, -0.2) is 9.78 Å². The van der Waals surface area contributed by atoms with Crippen LogP contribution in [0.2, 0.25) is 0 Å². The van der Waals surface area contributed by atoms with E-state index in [4.69, 9.17) is 4.74 Å². The summed E-state index contributed by atoms with van der Waals surface area (Å²) in [4.78, 5) is 15.1. The molecule has 1 aromatic rings. The first-order chi connectivity index (χ1) is 6.58. The van der Waals surface area contributed by atoms with E-state index in [1.807, 2.05) is 13.8 Å². The van der Waals surface area contributed by atoms with E-state index in [1.54, 1.807) is 6.20 Å². The minimum absolute atomic E-state index is 0.337. The normalized spacial score (nSPS) is 10.3. The van der Waals surface area contributed by atoms with Gasteiger partial charge in [-0.15, -0.1) is 0 Å². The third kappa shape index (κ3) is 4.06. The summed E-state index contributed by atoms with van der Waals surface area (Å²) in [5, 5.41) is 3.07. The standard InChI is InChI=1S/C8H11BrN2O2S/c1-5(2)4-13-8(12)11-7-10-3-6(9)14-7/h3,5H,4H2,1-2H3,(H,10,11,12). The molecular weight excluding hydrogens is 268 g/mol. The number of anilines is 1. The van der Waals surface area contributed by atoms with Crippen LogP contribution in [0.5, 0.6) is 0 Å². The molecule has 0 aliphatic heterocycles. The van der Waals surface area contributed by atoms with Crippen molar-refractivity contribution in [2.45, 2.75) is 13.8 Å². The molecule has 0 fully saturated rings. The van der Waals surface area contributed by atoms with Gasteiger partial charge in [-0.3, -0.25) is 5.32 Å². The van der Waals surface area contributed by atoms with Gasteiger partial charge in [0.1, 0.15) is 0 Å². The minimum Gasteiger partial charge on any atom is -0.449 e. The number of hydrogen-bond donors (Lipinski definition) is 1. The quantitative estimate of drug-likeness (QED) is 0.924. The summed E-state index contributed by atoms with van der Waals surface area (Å²) < 4.78 is 5.79. The van der Waals surface area contributed by atoms with Crippen molar-refractivity contribution in [2.75, 3.05) is 11.9 Å². The van der Waals surface area contributed by atoms with Crippen molar-refractivity contribution < 1.29 is 9.53 Å². The van der Waals surface area contributed by atoms with Gasteiger partial charge >= 0.3 is 6.09 Å². The zero-order valence-corrected chi connectivity index (χ0v) is 10.3. The summed E-state index contributed by atoms with van der Waals surface area (Å²) >= 11 is 4.59. The third-order valence-electron chi connectivity index (χ3n) is 1.23. The molecule has 0 atom stereocenters. The van der Waals surface area contributed by atoms with E-state index >= 15 is 0 Å². The van der Waals surface area contributed by atoms with Gasteiger partial charge in [-0.2, -0.15) is 0 Å². The SMILES string of the molecule is CC(C)COC(=O)Nc1ncc(Br)s1. The van der Waals surface area contributed by atoms with Gasteiger partial charge in [0.15, 0.2) is 5.13 Å². The number of carbonyl (C=O) groups excluding carboxylic acids is 1. The molecule has 0 radical (unpaired) electrons. The van der Waals surface area contributed by atoms with Crippen LogP contribution < -0.4 is 5.32 Å². The lowest BCUT2D eigenvalue weighted by atomic mass is 10.2. The van der Waals surface area contributed by atoms with Gasteiger partial charge < -0.3 is 4.74 Å². The molecule has 1 heterocycles. The first-order valence-corrected chi connectivity index (χ1v) is 5.74. The fourth-order valence-corrected chi connectivity index (χ4v) is 1.77. The van der Waals surface area contributed by atoms with Crippen LogP contribution >= 0.6 is 27.3 Å². The predicted molar refractivity (Wildman–Crippen MR) is 59.6 cm³/mol. The average molecular weight is 279 g/mol. The Morgan fingerprint density at radius 1 is 1.79 bits per heavy atom. The maximum atomic E-state index is 11.1. The zero-order valence-electron chi connectivity index (χ0n) is 7.91. The minimum atomic E-state index is -0.458. The van der Waals surface area contributed by atoms with Gasteiger partial charge in [0.2, 0.25) is 0 Å². The summed E-state index contributed by atoms with van der Waals surface area (Å²) in [6.45, 7) is 4.37. The van der Waals surface area contributed by atoms with Crippen LogP contribution in [-0.4, -0.2) is 17.7 Å². The van der Waals surface area contributed by atoms with E-state index in [0.29, 0.717) is 17.7 Å². The fraction of sp³-hybridized carbons (Fsp3) is 0.500. The van der Waals surface area contributed by atoms with Crippen molar-refractivity contribution in [3.8, 4) is 0 Å². The highest BCUT2D eigenvalue weighted by Crippen LogP contribution is 2.23. The Bertz CT molecular complexity index is 314.